The van der Waals surface area contributed by atoms with Crippen LogP contribution in [0.4, 0.5) is 0 Å². The summed E-state index contributed by atoms with van der Waals surface area (Å²) in [6.45, 7) is 7.66. The molecule has 0 aromatic rings. The van der Waals surface area contributed by atoms with E-state index in [1.807, 2.05) is 6.92 Å². The third-order valence-electron chi connectivity index (χ3n) is 6.67. The van der Waals surface area contributed by atoms with Gasteiger partial charge in [0.15, 0.2) is 0 Å². The Bertz CT molecular complexity index is 478. The predicted octanol–water partition coefficient (Wildman–Crippen LogP) is 1.65. The van der Waals surface area contributed by atoms with Crippen molar-refractivity contribution in [2.24, 2.45) is 17.8 Å². The highest BCUT2D eigenvalue weighted by molar-refractivity contribution is 5.70. The summed E-state index contributed by atoms with van der Waals surface area (Å²) in [5.74, 6) is -0.190. The lowest BCUT2D eigenvalue weighted by atomic mass is 9.68. The molecular weight excluding hydrogens is 284 g/mol. The molecule has 3 fully saturated rings. The van der Waals surface area contributed by atoms with Gasteiger partial charge in [-0.25, -0.2) is 4.79 Å². The SMILES string of the molecule is CC(C)C12CC(OC(=O)CO)C(C)(O1)C1CCC(C)C1(O)C2. The van der Waals surface area contributed by atoms with Gasteiger partial charge in [-0.05, 0) is 31.6 Å². The van der Waals surface area contributed by atoms with Gasteiger partial charge in [-0.15, -0.1) is 0 Å². The molecule has 0 spiro atoms. The van der Waals surface area contributed by atoms with Crippen molar-refractivity contribution in [1.82, 2.24) is 0 Å². The zero-order valence-electron chi connectivity index (χ0n) is 14.0. The van der Waals surface area contributed by atoms with Crippen LogP contribution in [0.3, 0.4) is 0 Å². The van der Waals surface area contributed by atoms with Crippen LogP contribution in [0.1, 0.15) is 53.4 Å². The number of carbonyl (C=O) groups excluding carboxylic acids is 1. The highest BCUT2D eigenvalue weighted by Gasteiger charge is 2.71. The minimum Gasteiger partial charge on any atom is -0.457 e. The molecular formula is C17H28O5. The van der Waals surface area contributed by atoms with Crippen LogP contribution < -0.4 is 0 Å². The summed E-state index contributed by atoms with van der Waals surface area (Å²) in [5.41, 5.74) is -1.89. The highest BCUT2D eigenvalue weighted by Crippen LogP contribution is 2.63. The van der Waals surface area contributed by atoms with Gasteiger partial charge in [-0.1, -0.05) is 20.8 Å². The first kappa shape index (κ1) is 16.2. The lowest BCUT2D eigenvalue weighted by Gasteiger charge is -2.53. The van der Waals surface area contributed by atoms with Gasteiger partial charge in [0.05, 0.1) is 11.2 Å². The Morgan fingerprint density at radius 2 is 2.09 bits per heavy atom. The van der Waals surface area contributed by atoms with Gasteiger partial charge < -0.3 is 19.7 Å². The maximum atomic E-state index is 11.6. The molecule has 2 heterocycles. The van der Waals surface area contributed by atoms with E-state index in [1.54, 1.807) is 0 Å². The molecule has 1 saturated carbocycles. The van der Waals surface area contributed by atoms with Crippen LogP contribution in [-0.4, -0.2) is 45.7 Å². The van der Waals surface area contributed by atoms with Crippen molar-refractivity contribution in [2.75, 3.05) is 6.61 Å². The summed E-state index contributed by atoms with van der Waals surface area (Å²) in [6, 6.07) is 0. The molecule has 0 amide bonds. The van der Waals surface area contributed by atoms with Crippen LogP contribution in [0.5, 0.6) is 0 Å². The summed E-state index contributed by atoms with van der Waals surface area (Å²) in [6.07, 6.45) is 2.65. The largest absolute Gasteiger partial charge is 0.457 e. The number of esters is 1. The molecule has 2 bridgehead atoms. The lowest BCUT2D eigenvalue weighted by molar-refractivity contribution is -0.260. The first-order valence-corrected chi connectivity index (χ1v) is 8.41. The topological polar surface area (TPSA) is 76.0 Å². The molecule has 0 aromatic carbocycles. The van der Waals surface area contributed by atoms with Crippen molar-refractivity contribution in [2.45, 2.75) is 76.3 Å². The molecule has 2 N–H and O–H groups in total. The molecule has 22 heavy (non-hydrogen) atoms. The second kappa shape index (κ2) is 4.92. The first-order chi connectivity index (χ1) is 10.2. The number of rotatable bonds is 3. The van der Waals surface area contributed by atoms with Crippen LogP contribution >= 0.6 is 0 Å². The van der Waals surface area contributed by atoms with Gasteiger partial charge in [0.1, 0.15) is 18.3 Å². The second-order valence-electron chi connectivity index (χ2n) is 8.05. The van der Waals surface area contributed by atoms with Crippen molar-refractivity contribution in [1.29, 1.82) is 0 Å². The molecule has 0 radical (unpaired) electrons. The quantitative estimate of drug-likeness (QED) is 0.775. The monoisotopic (exact) mass is 312 g/mol. The average molecular weight is 312 g/mol. The van der Waals surface area contributed by atoms with Crippen molar-refractivity contribution in [3.05, 3.63) is 0 Å². The molecule has 126 valence electrons. The fourth-order valence-electron chi connectivity index (χ4n) is 5.20. The predicted molar refractivity (Wildman–Crippen MR) is 80.1 cm³/mol. The highest BCUT2D eigenvalue weighted by atomic mass is 16.6. The molecule has 6 unspecified atom stereocenters. The van der Waals surface area contributed by atoms with Crippen LogP contribution in [0.15, 0.2) is 0 Å². The van der Waals surface area contributed by atoms with Gasteiger partial charge in [0.25, 0.3) is 0 Å². The summed E-state index contributed by atoms with van der Waals surface area (Å²) >= 11 is 0. The Morgan fingerprint density at radius 1 is 1.41 bits per heavy atom. The molecule has 6 atom stereocenters. The van der Waals surface area contributed by atoms with Crippen LogP contribution in [0.25, 0.3) is 0 Å². The fraction of sp³-hybridized carbons (Fsp3) is 0.941. The van der Waals surface area contributed by atoms with Gasteiger partial charge in [0, 0.05) is 18.8 Å². The molecule has 3 aliphatic rings. The standard InChI is InChI=1S/C17H28O5/c1-10(2)16-7-13(21-14(19)8-18)15(4,22-16)12-6-5-11(3)17(12,20)9-16/h10-13,18,20H,5-9H2,1-4H3. The number of carbonyl (C=O) groups is 1. The molecule has 5 heteroatoms. The molecule has 2 aliphatic heterocycles. The first-order valence-electron chi connectivity index (χ1n) is 8.41. The molecule has 1 aliphatic carbocycles. The maximum absolute atomic E-state index is 11.6. The number of fused-ring (bicyclic) bond motifs is 4. The second-order valence-corrected chi connectivity index (χ2v) is 8.05. The summed E-state index contributed by atoms with van der Waals surface area (Å²) in [7, 11) is 0. The number of hydrogen-bond donors (Lipinski definition) is 2. The summed E-state index contributed by atoms with van der Waals surface area (Å²) in [4.78, 5) is 11.6. The van der Waals surface area contributed by atoms with E-state index in [2.05, 4.69) is 20.8 Å². The minimum absolute atomic E-state index is 0.0270. The third-order valence-corrected chi connectivity index (χ3v) is 6.67. The summed E-state index contributed by atoms with van der Waals surface area (Å²) < 4.78 is 12.0. The Hall–Kier alpha value is -0.650. The Kier molecular flexibility index (Phi) is 3.63. The normalized spacial score (nSPS) is 50.2. The van der Waals surface area contributed by atoms with Gasteiger partial charge in [-0.3, -0.25) is 0 Å². The van der Waals surface area contributed by atoms with E-state index in [-0.39, 0.29) is 17.8 Å². The molecule has 5 nitrogen and oxygen atoms in total. The average Bonchev–Trinajstić information content (AvgIpc) is 2.86. The zero-order valence-corrected chi connectivity index (χ0v) is 14.0. The van der Waals surface area contributed by atoms with E-state index in [0.29, 0.717) is 12.8 Å². The van der Waals surface area contributed by atoms with Gasteiger partial charge in [-0.2, -0.15) is 0 Å². The van der Waals surface area contributed by atoms with Crippen LogP contribution in [-0.2, 0) is 14.3 Å². The Morgan fingerprint density at radius 3 is 2.68 bits per heavy atom. The van der Waals surface area contributed by atoms with Crippen LogP contribution in [0.2, 0.25) is 0 Å². The Labute approximate surface area is 132 Å². The number of hydrogen-bond acceptors (Lipinski definition) is 5. The van der Waals surface area contributed by atoms with Crippen molar-refractivity contribution in [3.8, 4) is 0 Å². The van der Waals surface area contributed by atoms with Crippen molar-refractivity contribution < 1.29 is 24.5 Å². The van der Waals surface area contributed by atoms with E-state index in [0.717, 1.165) is 12.8 Å². The molecule has 3 rings (SSSR count). The van der Waals surface area contributed by atoms with Gasteiger partial charge >= 0.3 is 5.97 Å². The zero-order chi connectivity index (χ0) is 16.3. The fourth-order valence-corrected chi connectivity index (χ4v) is 5.20. The molecule has 2 saturated heterocycles. The van der Waals surface area contributed by atoms with E-state index in [9.17, 15) is 9.90 Å². The number of aliphatic hydroxyl groups is 2. The van der Waals surface area contributed by atoms with Crippen LogP contribution in [0, 0.1) is 17.8 Å². The Balaban J connectivity index is 2.01. The van der Waals surface area contributed by atoms with E-state index in [4.69, 9.17) is 14.6 Å². The number of ether oxygens (including phenoxy) is 2. The minimum atomic E-state index is -0.752. The van der Waals surface area contributed by atoms with E-state index in [1.165, 1.54) is 0 Å². The van der Waals surface area contributed by atoms with Gasteiger partial charge in [0.2, 0.25) is 0 Å². The third kappa shape index (κ3) is 1.98. The number of aliphatic hydroxyl groups excluding tert-OH is 1. The van der Waals surface area contributed by atoms with Crippen molar-refractivity contribution >= 4 is 5.97 Å². The summed E-state index contributed by atoms with van der Waals surface area (Å²) in [5, 5.41) is 20.4. The smallest absolute Gasteiger partial charge is 0.332 e. The van der Waals surface area contributed by atoms with E-state index < -0.39 is 35.5 Å². The lowest BCUT2D eigenvalue weighted by Crippen LogP contribution is -2.61. The van der Waals surface area contributed by atoms with E-state index >= 15 is 0 Å². The maximum Gasteiger partial charge on any atom is 0.332 e. The molecule has 0 aromatic heterocycles. The van der Waals surface area contributed by atoms with Crippen molar-refractivity contribution in [3.63, 3.8) is 0 Å².